The van der Waals surface area contributed by atoms with Gasteiger partial charge in [-0.05, 0) is 12.8 Å². The van der Waals surface area contributed by atoms with E-state index in [1.807, 2.05) is 17.2 Å². The fraction of sp³-hybridized carbons (Fsp3) is 0.600. The maximum Gasteiger partial charge on any atom is 0.282 e. The zero-order valence-electron chi connectivity index (χ0n) is 13.7. The number of aryl methyl sites for hydroxylation is 1. The summed E-state index contributed by atoms with van der Waals surface area (Å²) in [6.07, 6.45) is 0. The molecule has 1 saturated heterocycles. The van der Waals surface area contributed by atoms with Gasteiger partial charge in [-0.3, -0.25) is 9.69 Å². The maximum absolute atomic E-state index is 12.5. The third-order valence-electron chi connectivity index (χ3n) is 4.08. The van der Waals surface area contributed by atoms with Crippen LogP contribution >= 0.6 is 11.3 Å². The van der Waals surface area contributed by atoms with Gasteiger partial charge < -0.3 is 4.90 Å². The Hall–Kier alpha value is -1.80. The summed E-state index contributed by atoms with van der Waals surface area (Å²) < 4.78 is 4.73. The summed E-state index contributed by atoms with van der Waals surface area (Å²) in [6.45, 7) is 9.83. The molecule has 0 radical (unpaired) electrons. The fourth-order valence-corrected chi connectivity index (χ4v) is 3.44. The van der Waals surface area contributed by atoms with Crippen LogP contribution in [-0.4, -0.2) is 57.2 Å². The lowest BCUT2D eigenvalue weighted by Crippen LogP contribution is -2.48. The number of aromatic nitrogens is 3. The molecule has 8 heteroatoms. The van der Waals surface area contributed by atoms with Crippen molar-refractivity contribution in [1.29, 1.82) is 0 Å². The molecule has 0 N–H and O–H groups in total. The molecule has 23 heavy (non-hydrogen) atoms. The van der Waals surface area contributed by atoms with E-state index in [9.17, 15) is 4.79 Å². The summed E-state index contributed by atoms with van der Waals surface area (Å²) in [7, 11) is 0. The molecule has 1 aliphatic rings. The Kier molecular flexibility index (Phi) is 4.72. The Morgan fingerprint density at radius 2 is 2.04 bits per heavy atom. The normalized spacial score (nSPS) is 16.3. The van der Waals surface area contributed by atoms with Gasteiger partial charge in [-0.15, -0.1) is 11.3 Å². The molecule has 0 atom stereocenters. The van der Waals surface area contributed by atoms with Crippen LogP contribution < -0.4 is 0 Å². The van der Waals surface area contributed by atoms with Crippen molar-refractivity contribution in [1.82, 2.24) is 25.1 Å². The zero-order valence-corrected chi connectivity index (χ0v) is 14.5. The first-order chi connectivity index (χ1) is 11.0. The Balaban J connectivity index is 1.55. The molecule has 0 aliphatic carbocycles. The van der Waals surface area contributed by atoms with E-state index in [2.05, 4.69) is 34.0 Å². The highest BCUT2D eigenvalue weighted by Crippen LogP contribution is 2.20. The summed E-state index contributed by atoms with van der Waals surface area (Å²) in [4.78, 5) is 21.1. The number of nitrogens with zero attached hydrogens (tertiary/aromatic N) is 5. The first kappa shape index (κ1) is 16.1. The van der Waals surface area contributed by atoms with E-state index in [-0.39, 0.29) is 5.91 Å². The van der Waals surface area contributed by atoms with E-state index in [4.69, 9.17) is 4.63 Å². The van der Waals surface area contributed by atoms with Gasteiger partial charge in [0.2, 0.25) is 0 Å². The first-order valence-electron chi connectivity index (χ1n) is 7.79. The van der Waals surface area contributed by atoms with Gasteiger partial charge >= 0.3 is 0 Å². The highest BCUT2D eigenvalue weighted by Gasteiger charge is 2.25. The molecule has 3 heterocycles. The third kappa shape index (κ3) is 3.59. The van der Waals surface area contributed by atoms with Crippen LogP contribution in [-0.2, 0) is 6.54 Å². The molecule has 124 valence electrons. The predicted molar refractivity (Wildman–Crippen MR) is 86.4 cm³/mol. The number of rotatable bonds is 4. The molecule has 0 unspecified atom stereocenters. The average Bonchev–Trinajstić information content (AvgIpc) is 3.17. The molecule has 2 aromatic rings. The number of carbonyl (C=O) groups excluding carboxylic acids is 1. The van der Waals surface area contributed by atoms with Crippen molar-refractivity contribution >= 4 is 17.2 Å². The standard InChI is InChI=1S/C15H21N5O2S/c1-10(2)13-9-23-14(16-13)15(21)20-6-4-19(5-7-20)8-12-11(3)17-22-18-12/h9-10H,4-8H2,1-3H3. The molecular formula is C15H21N5O2S. The molecule has 1 amide bonds. The maximum atomic E-state index is 12.5. The van der Waals surface area contributed by atoms with Gasteiger partial charge in [0.05, 0.1) is 5.69 Å². The SMILES string of the molecule is Cc1nonc1CN1CCN(C(=O)c2nc(C(C)C)cs2)CC1. The predicted octanol–water partition coefficient (Wildman–Crippen LogP) is 1.92. The van der Waals surface area contributed by atoms with Crippen LogP contribution in [0.25, 0.3) is 0 Å². The number of amides is 1. The quantitative estimate of drug-likeness (QED) is 0.850. The van der Waals surface area contributed by atoms with E-state index >= 15 is 0 Å². The van der Waals surface area contributed by atoms with Gasteiger partial charge in [0.1, 0.15) is 11.4 Å². The van der Waals surface area contributed by atoms with E-state index in [0.717, 1.165) is 30.2 Å². The second kappa shape index (κ2) is 6.76. The fourth-order valence-electron chi connectivity index (χ4n) is 2.50. The highest BCUT2D eigenvalue weighted by molar-refractivity contribution is 7.11. The van der Waals surface area contributed by atoms with Crippen LogP contribution in [0.5, 0.6) is 0 Å². The third-order valence-corrected chi connectivity index (χ3v) is 4.92. The van der Waals surface area contributed by atoms with Crippen molar-refractivity contribution in [2.75, 3.05) is 26.2 Å². The first-order valence-corrected chi connectivity index (χ1v) is 8.67. The van der Waals surface area contributed by atoms with Crippen molar-refractivity contribution in [3.63, 3.8) is 0 Å². The van der Waals surface area contributed by atoms with Crippen molar-refractivity contribution in [3.8, 4) is 0 Å². The molecule has 0 spiro atoms. The van der Waals surface area contributed by atoms with E-state index in [0.29, 0.717) is 30.6 Å². The van der Waals surface area contributed by atoms with Gasteiger partial charge in [-0.1, -0.05) is 24.2 Å². The molecule has 2 aromatic heterocycles. The molecule has 3 rings (SSSR count). The molecule has 7 nitrogen and oxygen atoms in total. The Labute approximate surface area is 139 Å². The Bertz CT molecular complexity index is 673. The number of hydrogen-bond donors (Lipinski definition) is 0. The lowest BCUT2D eigenvalue weighted by molar-refractivity contribution is 0.0624. The van der Waals surface area contributed by atoms with Gasteiger partial charge in [-0.25, -0.2) is 9.61 Å². The van der Waals surface area contributed by atoms with Crippen molar-refractivity contribution in [2.45, 2.75) is 33.2 Å². The largest absolute Gasteiger partial charge is 0.334 e. The number of thiazole rings is 1. The minimum atomic E-state index is 0.0424. The minimum absolute atomic E-state index is 0.0424. The van der Waals surface area contributed by atoms with Crippen molar-refractivity contribution < 1.29 is 9.42 Å². The van der Waals surface area contributed by atoms with Gasteiger partial charge in [-0.2, -0.15) is 0 Å². The number of hydrogen-bond acceptors (Lipinski definition) is 7. The highest BCUT2D eigenvalue weighted by atomic mass is 32.1. The van der Waals surface area contributed by atoms with Gasteiger partial charge in [0, 0.05) is 38.1 Å². The molecular weight excluding hydrogens is 314 g/mol. The molecule has 1 fully saturated rings. The van der Waals surface area contributed by atoms with E-state index in [1.165, 1.54) is 11.3 Å². The van der Waals surface area contributed by atoms with Crippen LogP contribution in [0.4, 0.5) is 0 Å². The molecule has 0 bridgehead atoms. The minimum Gasteiger partial charge on any atom is -0.334 e. The summed E-state index contributed by atoms with van der Waals surface area (Å²) >= 11 is 1.44. The van der Waals surface area contributed by atoms with Crippen LogP contribution in [0, 0.1) is 6.92 Å². The molecule has 0 saturated carbocycles. The molecule has 0 aromatic carbocycles. The van der Waals surface area contributed by atoms with Crippen molar-refractivity contribution in [2.24, 2.45) is 0 Å². The van der Waals surface area contributed by atoms with E-state index in [1.54, 1.807) is 0 Å². The summed E-state index contributed by atoms with van der Waals surface area (Å²) in [5, 5.41) is 10.3. The number of piperazine rings is 1. The summed E-state index contributed by atoms with van der Waals surface area (Å²) in [5.41, 5.74) is 2.68. The van der Waals surface area contributed by atoms with Crippen LogP contribution in [0.1, 0.15) is 46.6 Å². The Morgan fingerprint density at radius 1 is 1.30 bits per heavy atom. The van der Waals surface area contributed by atoms with Crippen LogP contribution in [0.3, 0.4) is 0 Å². The topological polar surface area (TPSA) is 75.4 Å². The van der Waals surface area contributed by atoms with Gasteiger partial charge in [0.15, 0.2) is 5.01 Å². The zero-order chi connectivity index (χ0) is 16.4. The summed E-state index contributed by atoms with van der Waals surface area (Å²) in [6, 6.07) is 0. The second-order valence-corrected chi connectivity index (χ2v) is 6.96. The second-order valence-electron chi connectivity index (χ2n) is 6.10. The summed E-state index contributed by atoms with van der Waals surface area (Å²) in [5.74, 6) is 0.393. The van der Waals surface area contributed by atoms with E-state index < -0.39 is 0 Å². The van der Waals surface area contributed by atoms with Gasteiger partial charge in [0.25, 0.3) is 5.91 Å². The van der Waals surface area contributed by atoms with Crippen LogP contribution in [0.2, 0.25) is 0 Å². The number of carbonyl (C=O) groups is 1. The molecule has 1 aliphatic heterocycles. The lowest BCUT2D eigenvalue weighted by Gasteiger charge is -2.33. The smallest absolute Gasteiger partial charge is 0.282 e. The monoisotopic (exact) mass is 335 g/mol. The lowest BCUT2D eigenvalue weighted by atomic mass is 10.2. The average molecular weight is 335 g/mol. The van der Waals surface area contributed by atoms with Crippen molar-refractivity contribution in [3.05, 3.63) is 27.5 Å². The van der Waals surface area contributed by atoms with Crippen LogP contribution in [0.15, 0.2) is 10.0 Å². The Morgan fingerprint density at radius 3 is 2.61 bits per heavy atom.